The van der Waals surface area contributed by atoms with E-state index in [0.29, 0.717) is 16.4 Å². The summed E-state index contributed by atoms with van der Waals surface area (Å²) in [5.41, 5.74) is 1.13. The molecule has 0 aliphatic carbocycles. The van der Waals surface area contributed by atoms with Crippen molar-refractivity contribution in [3.63, 3.8) is 0 Å². The number of hydrogen-bond donors (Lipinski definition) is 2. The molecule has 0 fully saturated rings. The predicted octanol–water partition coefficient (Wildman–Crippen LogP) is 3.54. The van der Waals surface area contributed by atoms with Crippen molar-refractivity contribution in [1.82, 2.24) is 0 Å². The van der Waals surface area contributed by atoms with Gasteiger partial charge in [0.2, 0.25) is 5.91 Å². The van der Waals surface area contributed by atoms with Gasteiger partial charge in [0.1, 0.15) is 0 Å². The molecule has 1 amide bonds. The first-order chi connectivity index (χ1) is 10.1. The second-order valence-corrected chi connectivity index (χ2v) is 4.64. The number of para-hydroxylation sites is 1. The van der Waals surface area contributed by atoms with Gasteiger partial charge in [-0.05, 0) is 24.3 Å². The number of methoxy groups -OCH3 is 1. The minimum atomic E-state index is -0.455. The smallest absolute Gasteiger partial charge is 0.243 e. The van der Waals surface area contributed by atoms with Gasteiger partial charge in [-0.25, -0.2) is 4.39 Å². The molecule has 0 aromatic heterocycles. The molecule has 0 heterocycles. The number of rotatable bonds is 5. The Morgan fingerprint density at radius 1 is 1.29 bits per heavy atom. The zero-order valence-electron chi connectivity index (χ0n) is 11.3. The summed E-state index contributed by atoms with van der Waals surface area (Å²) in [4.78, 5) is 11.8. The Morgan fingerprint density at radius 2 is 2.05 bits per heavy atom. The number of ether oxygens (including phenoxy) is 1. The number of nitrogens with one attached hydrogen (secondary N) is 2. The highest BCUT2D eigenvalue weighted by Crippen LogP contribution is 2.22. The summed E-state index contributed by atoms with van der Waals surface area (Å²) in [5.74, 6) is -0.596. The van der Waals surface area contributed by atoms with E-state index in [4.69, 9.17) is 16.3 Å². The normalized spacial score (nSPS) is 10.0. The third-order valence-corrected chi connectivity index (χ3v) is 3.08. The quantitative estimate of drug-likeness (QED) is 0.888. The van der Waals surface area contributed by atoms with E-state index in [-0.39, 0.29) is 18.2 Å². The number of hydrogen-bond acceptors (Lipinski definition) is 3. The van der Waals surface area contributed by atoms with Gasteiger partial charge in [-0.1, -0.05) is 23.7 Å². The van der Waals surface area contributed by atoms with Crippen molar-refractivity contribution in [3.05, 3.63) is 53.3 Å². The van der Waals surface area contributed by atoms with E-state index < -0.39 is 5.82 Å². The second kappa shape index (κ2) is 6.95. The van der Waals surface area contributed by atoms with Crippen LogP contribution in [0.15, 0.2) is 42.5 Å². The maximum atomic E-state index is 13.3. The molecule has 2 aromatic carbocycles. The van der Waals surface area contributed by atoms with Crippen LogP contribution in [0.3, 0.4) is 0 Å². The Bertz CT molecular complexity index is 649. The summed E-state index contributed by atoms with van der Waals surface area (Å²) < 4.78 is 18.1. The molecule has 0 saturated heterocycles. The van der Waals surface area contributed by atoms with Crippen LogP contribution in [-0.4, -0.2) is 19.6 Å². The van der Waals surface area contributed by atoms with Gasteiger partial charge in [0.15, 0.2) is 11.6 Å². The van der Waals surface area contributed by atoms with Gasteiger partial charge in [-0.3, -0.25) is 4.79 Å². The molecule has 0 bridgehead atoms. The van der Waals surface area contributed by atoms with E-state index in [1.165, 1.54) is 25.3 Å². The molecule has 2 aromatic rings. The van der Waals surface area contributed by atoms with Crippen molar-refractivity contribution in [2.45, 2.75) is 0 Å². The van der Waals surface area contributed by atoms with Crippen molar-refractivity contribution in [2.24, 2.45) is 0 Å². The van der Waals surface area contributed by atoms with Gasteiger partial charge in [-0.2, -0.15) is 0 Å². The number of benzene rings is 2. The van der Waals surface area contributed by atoms with Crippen molar-refractivity contribution in [2.75, 3.05) is 24.3 Å². The van der Waals surface area contributed by atoms with Crippen molar-refractivity contribution in [3.8, 4) is 5.75 Å². The van der Waals surface area contributed by atoms with Gasteiger partial charge in [0.25, 0.3) is 0 Å². The first-order valence-corrected chi connectivity index (χ1v) is 6.59. The molecular formula is C15H14ClFN2O2. The number of carbonyl (C=O) groups excluding carboxylic acids is 1. The Balaban J connectivity index is 1.94. The average Bonchev–Trinajstić information content (AvgIpc) is 2.49. The fraction of sp³-hybridized carbons (Fsp3) is 0.133. The van der Waals surface area contributed by atoms with Gasteiger partial charge < -0.3 is 15.4 Å². The van der Waals surface area contributed by atoms with Crippen LogP contribution in [-0.2, 0) is 4.79 Å². The standard InChI is InChI=1S/C15H14ClFN2O2/c1-21-14-8-10(6-7-12(14)17)18-9-15(20)19-13-5-3-2-4-11(13)16/h2-8,18H,9H2,1H3,(H,19,20). The highest BCUT2D eigenvalue weighted by molar-refractivity contribution is 6.33. The number of amides is 1. The molecule has 0 saturated carbocycles. The lowest BCUT2D eigenvalue weighted by Crippen LogP contribution is -2.21. The summed E-state index contributed by atoms with van der Waals surface area (Å²) in [5, 5.41) is 6.03. The van der Waals surface area contributed by atoms with E-state index in [2.05, 4.69) is 10.6 Å². The summed E-state index contributed by atoms with van der Waals surface area (Å²) in [6.07, 6.45) is 0. The molecule has 21 heavy (non-hydrogen) atoms. The first kappa shape index (κ1) is 15.1. The highest BCUT2D eigenvalue weighted by atomic mass is 35.5. The summed E-state index contributed by atoms with van der Waals surface area (Å²) in [6.45, 7) is 0.0278. The molecule has 0 radical (unpaired) electrons. The van der Waals surface area contributed by atoms with Gasteiger partial charge >= 0.3 is 0 Å². The minimum absolute atomic E-state index is 0.0278. The third-order valence-electron chi connectivity index (χ3n) is 2.75. The lowest BCUT2D eigenvalue weighted by Gasteiger charge is -2.10. The molecule has 0 aliphatic heterocycles. The maximum Gasteiger partial charge on any atom is 0.243 e. The van der Waals surface area contributed by atoms with E-state index in [0.717, 1.165) is 0 Å². The van der Waals surface area contributed by atoms with Crippen LogP contribution >= 0.6 is 11.6 Å². The lowest BCUT2D eigenvalue weighted by molar-refractivity contribution is -0.114. The second-order valence-electron chi connectivity index (χ2n) is 4.23. The molecule has 0 atom stereocenters. The van der Waals surface area contributed by atoms with Crippen molar-refractivity contribution in [1.29, 1.82) is 0 Å². The lowest BCUT2D eigenvalue weighted by atomic mass is 10.3. The Morgan fingerprint density at radius 3 is 2.76 bits per heavy atom. The Hall–Kier alpha value is -2.27. The molecule has 110 valence electrons. The van der Waals surface area contributed by atoms with Crippen LogP contribution in [0.4, 0.5) is 15.8 Å². The number of carbonyl (C=O) groups is 1. The van der Waals surface area contributed by atoms with Crippen molar-refractivity contribution >= 4 is 28.9 Å². The fourth-order valence-corrected chi connectivity index (χ4v) is 1.89. The van der Waals surface area contributed by atoms with Gasteiger partial charge in [0, 0.05) is 11.8 Å². The SMILES string of the molecule is COc1cc(NCC(=O)Nc2ccccc2Cl)ccc1F. The maximum absolute atomic E-state index is 13.3. The summed E-state index contributed by atoms with van der Waals surface area (Å²) in [7, 11) is 1.38. The molecule has 0 unspecified atom stereocenters. The van der Waals surface area contributed by atoms with Crippen LogP contribution in [0.2, 0.25) is 5.02 Å². The van der Waals surface area contributed by atoms with Crippen LogP contribution in [0.1, 0.15) is 0 Å². The number of halogens is 2. The van der Waals surface area contributed by atoms with Crippen molar-refractivity contribution < 1.29 is 13.9 Å². The zero-order chi connectivity index (χ0) is 15.2. The molecule has 4 nitrogen and oxygen atoms in total. The monoisotopic (exact) mass is 308 g/mol. The van der Waals surface area contributed by atoms with Crippen LogP contribution in [0, 0.1) is 5.82 Å². The first-order valence-electron chi connectivity index (χ1n) is 6.22. The summed E-state index contributed by atoms with van der Waals surface area (Å²) >= 11 is 5.95. The molecule has 0 spiro atoms. The summed E-state index contributed by atoms with van der Waals surface area (Å²) in [6, 6.07) is 11.2. The average molecular weight is 309 g/mol. The molecule has 0 aliphatic rings. The van der Waals surface area contributed by atoms with Gasteiger partial charge in [-0.15, -0.1) is 0 Å². The Kier molecular flexibility index (Phi) is 5.00. The topological polar surface area (TPSA) is 50.4 Å². The van der Waals surface area contributed by atoms with E-state index in [1.807, 2.05) is 0 Å². The Labute approximate surface area is 126 Å². The van der Waals surface area contributed by atoms with E-state index in [9.17, 15) is 9.18 Å². The van der Waals surface area contributed by atoms with E-state index >= 15 is 0 Å². The zero-order valence-corrected chi connectivity index (χ0v) is 12.1. The van der Waals surface area contributed by atoms with Gasteiger partial charge in [0.05, 0.1) is 24.4 Å². The largest absolute Gasteiger partial charge is 0.494 e. The van der Waals surface area contributed by atoms with Crippen LogP contribution in [0.25, 0.3) is 0 Å². The number of anilines is 2. The fourth-order valence-electron chi connectivity index (χ4n) is 1.71. The van der Waals surface area contributed by atoms with Crippen LogP contribution in [0.5, 0.6) is 5.75 Å². The predicted molar refractivity (Wildman–Crippen MR) is 81.5 cm³/mol. The third kappa shape index (κ3) is 4.10. The molecule has 2 N–H and O–H groups in total. The highest BCUT2D eigenvalue weighted by Gasteiger charge is 2.07. The minimum Gasteiger partial charge on any atom is -0.494 e. The molecular weight excluding hydrogens is 295 g/mol. The van der Waals surface area contributed by atoms with E-state index in [1.54, 1.807) is 24.3 Å². The molecule has 2 rings (SSSR count). The van der Waals surface area contributed by atoms with Crippen LogP contribution < -0.4 is 15.4 Å². The molecule has 6 heteroatoms.